The number of aliphatic imine (C=N–C) groups is 1. The molecular formula is C17H15N3. The summed E-state index contributed by atoms with van der Waals surface area (Å²) < 4.78 is 1.89. The molecule has 20 heavy (non-hydrogen) atoms. The maximum atomic E-state index is 4.47. The van der Waals surface area contributed by atoms with Gasteiger partial charge in [0.1, 0.15) is 0 Å². The summed E-state index contributed by atoms with van der Waals surface area (Å²) in [6, 6.07) is 13.9. The van der Waals surface area contributed by atoms with Gasteiger partial charge in [0, 0.05) is 36.0 Å². The van der Waals surface area contributed by atoms with Gasteiger partial charge < -0.3 is 5.43 Å². The molecule has 0 radical (unpaired) electrons. The first-order chi connectivity index (χ1) is 9.92. The molecule has 1 aliphatic carbocycles. The average Bonchev–Trinajstić information content (AvgIpc) is 3.15. The van der Waals surface area contributed by atoms with Crippen LogP contribution in [0.3, 0.4) is 0 Å². The number of nitrogens with zero attached hydrogens (tertiary/aromatic N) is 2. The van der Waals surface area contributed by atoms with Crippen molar-refractivity contribution in [1.82, 2.24) is 4.68 Å². The normalized spacial score (nSPS) is 16.0. The molecule has 0 atom stereocenters. The fraction of sp³-hybridized carbons (Fsp3) is 0. The van der Waals surface area contributed by atoms with Crippen molar-refractivity contribution < 1.29 is 0 Å². The van der Waals surface area contributed by atoms with Crippen LogP contribution >= 0.6 is 0 Å². The Bertz CT molecular complexity index is 674. The van der Waals surface area contributed by atoms with E-state index in [4.69, 9.17) is 0 Å². The number of aromatic nitrogens is 1. The zero-order valence-corrected chi connectivity index (χ0v) is 11.0. The van der Waals surface area contributed by atoms with Crippen molar-refractivity contribution in [3.8, 4) is 0 Å². The van der Waals surface area contributed by atoms with Crippen LogP contribution in [0.4, 0.5) is 5.69 Å². The van der Waals surface area contributed by atoms with Gasteiger partial charge in [0.2, 0.25) is 0 Å². The van der Waals surface area contributed by atoms with Gasteiger partial charge in [0.25, 0.3) is 0 Å². The van der Waals surface area contributed by atoms with E-state index in [1.54, 1.807) is 0 Å². The van der Waals surface area contributed by atoms with Crippen molar-refractivity contribution in [2.75, 3.05) is 5.43 Å². The first-order valence-electron chi connectivity index (χ1n) is 6.49. The Morgan fingerprint density at radius 3 is 2.60 bits per heavy atom. The molecule has 0 saturated heterocycles. The number of allylic oxidation sites excluding steroid dienone is 5. The SMILES string of the molecule is C1=C/C(=C/Nn2cccc2)C(C=Nc2ccccc2)=C1. The van der Waals surface area contributed by atoms with Gasteiger partial charge >= 0.3 is 0 Å². The first-order valence-corrected chi connectivity index (χ1v) is 6.49. The second-order valence-electron chi connectivity index (χ2n) is 4.39. The maximum absolute atomic E-state index is 4.47. The van der Waals surface area contributed by atoms with Crippen molar-refractivity contribution in [1.29, 1.82) is 0 Å². The van der Waals surface area contributed by atoms with E-state index in [0.717, 1.165) is 16.8 Å². The van der Waals surface area contributed by atoms with Crippen molar-refractivity contribution >= 4 is 11.9 Å². The zero-order valence-electron chi connectivity index (χ0n) is 11.0. The van der Waals surface area contributed by atoms with Crippen LogP contribution < -0.4 is 5.43 Å². The van der Waals surface area contributed by atoms with Gasteiger partial charge in [-0.15, -0.1) is 0 Å². The molecule has 0 spiro atoms. The van der Waals surface area contributed by atoms with E-state index in [9.17, 15) is 0 Å². The fourth-order valence-corrected chi connectivity index (χ4v) is 1.92. The quantitative estimate of drug-likeness (QED) is 0.833. The van der Waals surface area contributed by atoms with Crippen LogP contribution in [0.25, 0.3) is 0 Å². The van der Waals surface area contributed by atoms with E-state index in [-0.39, 0.29) is 0 Å². The summed E-state index contributed by atoms with van der Waals surface area (Å²) in [7, 11) is 0. The lowest BCUT2D eigenvalue weighted by atomic mass is 10.2. The standard InChI is InChI=1S/C17H15N3/c1-2-9-17(10-3-1)18-13-15-7-6-8-16(15)14-19-20-11-4-5-12-20/h1-14,19H/b16-14-,18-13?. The van der Waals surface area contributed by atoms with Gasteiger partial charge in [-0.25, -0.2) is 0 Å². The third-order valence-corrected chi connectivity index (χ3v) is 2.97. The molecule has 2 aromatic rings. The van der Waals surface area contributed by atoms with Crippen LogP contribution in [0.15, 0.2) is 95.4 Å². The van der Waals surface area contributed by atoms with Gasteiger partial charge in [0.05, 0.1) is 5.69 Å². The second kappa shape index (κ2) is 5.89. The third-order valence-electron chi connectivity index (χ3n) is 2.97. The molecule has 0 unspecified atom stereocenters. The monoisotopic (exact) mass is 261 g/mol. The molecule has 1 aromatic heterocycles. The molecule has 1 N–H and O–H groups in total. The van der Waals surface area contributed by atoms with Gasteiger partial charge in [-0.05, 0) is 24.3 Å². The maximum Gasteiger partial charge on any atom is 0.0629 e. The van der Waals surface area contributed by atoms with E-state index in [1.165, 1.54) is 0 Å². The number of para-hydroxylation sites is 1. The predicted octanol–water partition coefficient (Wildman–Crippen LogP) is 3.81. The zero-order chi connectivity index (χ0) is 13.6. The van der Waals surface area contributed by atoms with E-state index in [1.807, 2.05) is 78.0 Å². The van der Waals surface area contributed by atoms with E-state index in [0.29, 0.717) is 0 Å². The Morgan fingerprint density at radius 1 is 1.00 bits per heavy atom. The van der Waals surface area contributed by atoms with Crippen LogP contribution in [0.5, 0.6) is 0 Å². The van der Waals surface area contributed by atoms with Gasteiger partial charge in [-0.3, -0.25) is 9.67 Å². The molecule has 3 heteroatoms. The summed E-state index contributed by atoms with van der Waals surface area (Å²) in [5, 5.41) is 0. The lowest BCUT2D eigenvalue weighted by Crippen LogP contribution is -2.05. The first kappa shape index (κ1) is 12.2. The number of hydrogen-bond donors (Lipinski definition) is 1. The molecule has 3 nitrogen and oxygen atoms in total. The lowest BCUT2D eigenvalue weighted by molar-refractivity contribution is 0.963. The van der Waals surface area contributed by atoms with E-state index in [2.05, 4.69) is 22.6 Å². The predicted molar refractivity (Wildman–Crippen MR) is 83.7 cm³/mol. The Hall–Kier alpha value is -2.81. The lowest BCUT2D eigenvalue weighted by Gasteiger charge is -2.04. The Labute approximate surface area is 118 Å². The fourth-order valence-electron chi connectivity index (χ4n) is 1.92. The van der Waals surface area contributed by atoms with E-state index < -0.39 is 0 Å². The molecule has 1 heterocycles. The minimum Gasteiger partial charge on any atom is -0.302 e. The Morgan fingerprint density at radius 2 is 1.80 bits per heavy atom. The molecule has 1 aromatic carbocycles. The number of rotatable bonds is 4. The molecule has 0 amide bonds. The third kappa shape index (κ3) is 2.95. The number of hydrogen-bond acceptors (Lipinski definition) is 2. The second-order valence-corrected chi connectivity index (χ2v) is 4.39. The molecule has 0 aliphatic heterocycles. The number of nitrogens with one attached hydrogen (secondary N) is 1. The van der Waals surface area contributed by atoms with Crippen molar-refractivity contribution in [2.45, 2.75) is 0 Å². The molecule has 3 rings (SSSR count). The minimum atomic E-state index is 0.956. The number of benzene rings is 1. The smallest absolute Gasteiger partial charge is 0.0629 e. The highest BCUT2D eigenvalue weighted by Crippen LogP contribution is 2.18. The summed E-state index contributed by atoms with van der Waals surface area (Å²) in [6.45, 7) is 0. The van der Waals surface area contributed by atoms with Crippen molar-refractivity contribution in [3.05, 3.63) is 90.4 Å². The Kier molecular flexibility index (Phi) is 3.60. The molecule has 0 fully saturated rings. The summed E-state index contributed by atoms with van der Waals surface area (Å²) in [6.07, 6.45) is 13.9. The molecule has 98 valence electrons. The summed E-state index contributed by atoms with van der Waals surface area (Å²) in [4.78, 5) is 4.47. The van der Waals surface area contributed by atoms with Crippen molar-refractivity contribution in [2.24, 2.45) is 4.99 Å². The van der Waals surface area contributed by atoms with Crippen LogP contribution in [0.1, 0.15) is 0 Å². The van der Waals surface area contributed by atoms with Crippen LogP contribution in [-0.2, 0) is 0 Å². The average molecular weight is 261 g/mol. The van der Waals surface area contributed by atoms with Gasteiger partial charge in [-0.2, -0.15) is 0 Å². The molecule has 1 aliphatic rings. The van der Waals surface area contributed by atoms with Gasteiger partial charge in [0.15, 0.2) is 0 Å². The van der Waals surface area contributed by atoms with Gasteiger partial charge in [-0.1, -0.05) is 36.4 Å². The van der Waals surface area contributed by atoms with Crippen molar-refractivity contribution in [3.63, 3.8) is 0 Å². The van der Waals surface area contributed by atoms with Crippen LogP contribution in [0, 0.1) is 0 Å². The van der Waals surface area contributed by atoms with E-state index >= 15 is 0 Å². The molecule has 0 bridgehead atoms. The highest BCUT2D eigenvalue weighted by Gasteiger charge is 2.03. The highest BCUT2D eigenvalue weighted by molar-refractivity contribution is 5.89. The summed E-state index contributed by atoms with van der Waals surface area (Å²) >= 11 is 0. The highest BCUT2D eigenvalue weighted by atomic mass is 15.4. The van der Waals surface area contributed by atoms with Crippen LogP contribution in [0.2, 0.25) is 0 Å². The minimum absolute atomic E-state index is 0.956. The Balaban J connectivity index is 1.70. The topological polar surface area (TPSA) is 29.3 Å². The summed E-state index contributed by atoms with van der Waals surface area (Å²) in [5.74, 6) is 0. The summed E-state index contributed by atoms with van der Waals surface area (Å²) in [5.41, 5.74) is 6.35. The van der Waals surface area contributed by atoms with Crippen LogP contribution in [-0.4, -0.2) is 10.9 Å². The molecular weight excluding hydrogens is 246 g/mol. The molecule has 0 saturated carbocycles. The largest absolute Gasteiger partial charge is 0.302 e.